The van der Waals surface area contributed by atoms with Crippen molar-refractivity contribution in [2.75, 3.05) is 4.90 Å². The predicted molar refractivity (Wildman–Crippen MR) is 138 cm³/mol. The van der Waals surface area contributed by atoms with Gasteiger partial charge in [-0.3, -0.25) is 14.5 Å². The number of ketones is 1. The fourth-order valence-electron chi connectivity index (χ4n) is 3.97. The number of amides is 1. The van der Waals surface area contributed by atoms with E-state index in [-0.39, 0.29) is 16.3 Å². The van der Waals surface area contributed by atoms with Gasteiger partial charge in [-0.1, -0.05) is 71.6 Å². The average Bonchev–Trinajstić information content (AvgIpc) is 3.54. The van der Waals surface area contributed by atoms with Crippen LogP contribution in [0.4, 0.5) is 9.52 Å². The van der Waals surface area contributed by atoms with Gasteiger partial charge < -0.3 is 5.11 Å². The third kappa shape index (κ3) is 4.45. The van der Waals surface area contributed by atoms with Crippen LogP contribution in [0.1, 0.15) is 37.5 Å². The fraction of sp³-hybridized carbons (Fsp3) is 0.160. The average molecular weight is 539 g/mol. The first kappa shape index (κ1) is 24.3. The van der Waals surface area contributed by atoms with Gasteiger partial charge in [0, 0.05) is 11.3 Å². The lowest BCUT2D eigenvalue weighted by Gasteiger charge is -2.24. The minimum atomic E-state index is -1.20. The molecule has 2 aromatic heterocycles. The SMILES string of the molecule is Cc1nc(C)c(C(=O)C2=C(O)C(=O)N(c3nnc(SCc4ccccc4)s3)C2c2ccccc2F)s1. The lowest BCUT2D eigenvalue weighted by Crippen LogP contribution is -2.31. The largest absolute Gasteiger partial charge is 0.503 e. The van der Waals surface area contributed by atoms with Gasteiger partial charge >= 0.3 is 0 Å². The van der Waals surface area contributed by atoms with Gasteiger partial charge in [-0.15, -0.1) is 21.5 Å². The summed E-state index contributed by atoms with van der Waals surface area (Å²) in [7, 11) is 0. The molecule has 1 aliphatic rings. The number of thioether (sulfide) groups is 1. The van der Waals surface area contributed by atoms with Gasteiger partial charge in [-0.25, -0.2) is 9.37 Å². The number of aliphatic hydroxyl groups is 1. The number of hydrogen-bond donors (Lipinski definition) is 1. The van der Waals surface area contributed by atoms with E-state index in [1.165, 1.54) is 30.0 Å². The van der Waals surface area contributed by atoms with E-state index in [1.807, 2.05) is 30.3 Å². The second-order valence-electron chi connectivity index (χ2n) is 7.96. The summed E-state index contributed by atoms with van der Waals surface area (Å²) >= 11 is 3.75. The van der Waals surface area contributed by atoms with Crippen molar-refractivity contribution in [1.82, 2.24) is 15.2 Å². The molecule has 3 heterocycles. The predicted octanol–water partition coefficient (Wildman–Crippen LogP) is 5.83. The number of aryl methyl sites for hydroxylation is 2. The van der Waals surface area contributed by atoms with E-state index in [2.05, 4.69) is 15.2 Å². The maximum Gasteiger partial charge on any atom is 0.296 e. The number of aromatic nitrogens is 3. The van der Waals surface area contributed by atoms with Crippen LogP contribution in [0.3, 0.4) is 0 Å². The molecule has 5 rings (SSSR count). The Morgan fingerprint density at radius 3 is 2.50 bits per heavy atom. The van der Waals surface area contributed by atoms with Crippen LogP contribution in [0.15, 0.2) is 70.3 Å². The van der Waals surface area contributed by atoms with Crippen LogP contribution >= 0.6 is 34.4 Å². The number of carbonyl (C=O) groups is 2. The van der Waals surface area contributed by atoms with E-state index < -0.39 is 29.3 Å². The lowest BCUT2D eigenvalue weighted by molar-refractivity contribution is -0.117. The Bertz CT molecular complexity index is 1500. The van der Waals surface area contributed by atoms with Crippen molar-refractivity contribution in [1.29, 1.82) is 0 Å². The molecule has 11 heteroatoms. The highest BCUT2D eigenvalue weighted by atomic mass is 32.2. The van der Waals surface area contributed by atoms with E-state index in [1.54, 1.807) is 19.9 Å². The van der Waals surface area contributed by atoms with Crippen LogP contribution < -0.4 is 4.90 Å². The molecule has 1 amide bonds. The van der Waals surface area contributed by atoms with Crippen molar-refractivity contribution in [3.63, 3.8) is 0 Å². The normalized spacial score (nSPS) is 15.7. The number of aliphatic hydroxyl groups excluding tert-OH is 1. The summed E-state index contributed by atoms with van der Waals surface area (Å²) in [5.74, 6) is -2.09. The summed E-state index contributed by atoms with van der Waals surface area (Å²) in [5, 5.41) is 20.1. The molecule has 1 unspecified atom stereocenters. The first-order chi connectivity index (χ1) is 17.3. The van der Waals surface area contributed by atoms with Gasteiger partial charge in [0.1, 0.15) is 11.9 Å². The first-order valence-corrected chi connectivity index (χ1v) is 13.5. The number of Topliss-reactive ketones (excluding diaryl/α,β-unsaturated/α-hetero) is 1. The third-order valence-electron chi connectivity index (χ3n) is 5.57. The van der Waals surface area contributed by atoms with E-state index >= 15 is 4.39 Å². The van der Waals surface area contributed by atoms with Gasteiger partial charge in [0.05, 0.1) is 21.2 Å². The molecule has 0 bridgehead atoms. The standard InChI is InChI=1S/C25H19FN4O3S3/c1-13-22(35-14(2)27-13)20(31)18-19(16-10-6-7-11-17(16)26)30(23(33)21(18)32)24-28-29-25(36-24)34-12-15-8-4-3-5-9-15/h3-11,19,32H,12H2,1-2H3. The summed E-state index contributed by atoms with van der Waals surface area (Å²) < 4.78 is 15.6. The van der Waals surface area contributed by atoms with Crippen LogP contribution in [0.2, 0.25) is 0 Å². The number of thiazole rings is 1. The third-order valence-corrected chi connectivity index (χ3v) is 8.77. The Balaban J connectivity index is 1.53. The molecule has 1 aliphatic heterocycles. The van der Waals surface area contributed by atoms with E-state index in [0.29, 0.717) is 25.7 Å². The molecule has 1 N–H and O–H groups in total. The van der Waals surface area contributed by atoms with Crippen molar-refractivity contribution < 1.29 is 19.1 Å². The topological polar surface area (TPSA) is 96.3 Å². The number of carbonyl (C=O) groups excluding carboxylic acids is 2. The number of halogens is 1. The Kier molecular flexibility index (Phi) is 6.69. The van der Waals surface area contributed by atoms with Crippen LogP contribution in [0, 0.1) is 19.7 Å². The van der Waals surface area contributed by atoms with E-state index in [4.69, 9.17) is 0 Å². The fourth-order valence-corrected chi connectivity index (χ4v) is 6.66. The molecule has 4 aromatic rings. The van der Waals surface area contributed by atoms with Crippen molar-refractivity contribution in [2.24, 2.45) is 0 Å². The maximum atomic E-state index is 15.0. The molecular formula is C25H19FN4O3S3. The van der Waals surface area contributed by atoms with Crippen LogP contribution in [0.25, 0.3) is 0 Å². The molecule has 1 atom stereocenters. The van der Waals surface area contributed by atoms with E-state index in [9.17, 15) is 14.7 Å². The van der Waals surface area contributed by atoms with Gasteiger partial charge in [0.15, 0.2) is 10.1 Å². The number of nitrogens with zero attached hydrogens (tertiary/aromatic N) is 4. The monoisotopic (exact) mass is 538 g/mol. The first-order valence-electron chi connectivity index (χ1n) is 10.8. The Morgan fingerprint density at radius 2 is 1.81 bits per heavy atom. The van der Waals surface area contributed by atoms with Gasteiger partial charge in [0.2, 0.25) is 10.9 Å². The lowest BCUT2D eigenvalue weighted by atomic mass is 9.95. The van der Waals surface area contributed by atoms with Crippen LogP contribution in [-0.2, 0) is 10.5 Å². The summed E-state index contributed by atoms with van der Waals surface area (Å²) in [4.78, 5) is 32.6. The van der Waals surface area contributed by atoms with Crippen molar-refractivity contribution in [3.05, 3.63) is 98.5 Å². The Hall–Kier alpha value is -3.41. The molecule has 0 fully saturated rings. The summed E-state index contributed by atoms with van der Waals surface area (Å²) in [6, 6.07) is 14.5. The van der Waals surface area contributed by atoms with E-state index in [0.717, 1.165) is 33.1 Å². The second-order valence-corrected chi connectivity index (χ2v) is 11.3. The zero-order valence-corrected chi connectivity index (χ0v) is 21.6. The highest BCUT2D eigenvalue weighted by Crippen LogP contribution is 2.45. The molecule has 0 radical (unpaired) electrons. The Morgan fingerprint density at radius 1 is 1.08 bits per heavy atom. The molecular weight excluding hydrogens is 519 g/mol. The van der Waals surface area contributed by atoms with Crippen LogP contribution in [0.5, 0.6) is 0 Å². The molecule has 0 aliphatic carbocycles. The minimum absolute atomic E-state index is 0.0748. The summed E-state index contributed by atoms with van der Waals surface area (Å²) in [6.07, 6.45) is 0. The molecule has 0 spiro atoms. The van der Waals surface area contributed by atoms with Crippen molar-refractivity contribution >= 4 is 51.3 Å². The molecule has 0 saturated carbocycles. The highest BCUT2D eigenvalue weighted by molar-refractivity contribution is 8.00. The van der Waals surface area contributed by atoms with Crippen LogP contribution in [-0.4, -0.2) is 32.0 Å². The van der Waals surface area contributed by atoms with Crippen molar-refractivity contribution in [2.45, 2.75) is 30.0 Å². The highest BCUT2D eigenvalue weighted by Gasteiger charge is 2.47. The minimum Gasteiger partial charge on any atom is -0.503 e. The van der Waals surface area contributed by atoms with Gasteiger partial charge in [-0.05, 0) is 25.5 Å². The zero-order valence-electron chi connectivity index (χ0n) is 19.1. The molecule has 182 valence electrons. The molecule has 36 heavy (non-hydrogen) atoms. The second kappa shape index (κ2) is 9.92. The number of anilines is 1. The molecule has 0 saturated heterocycles. The maximum absolute atomic E-state index is 15.0. The number of hydrogen-bond acceptors (Lipinski definition) is 9. The van der Waals surface area contributed by atoms with Crippen molar-refractivity contribution in [3.8, 4) is 0 Å². The van der Waals surface area contributed by atoms with Gasteiger partial charge in [-0.2, -0.15) is 0 Å². The summed E-state index contributed by atoms with van der Waals surface area (Å²) in [6.45, 7) is 3.45. The Labute approximate surface area is 218 Å². The molecule has 2 aromatic carbocycles. The number of benzene rings is 2. The molecule has 7 nitrogen and oxygen atoms in total. The quantitative estimate of drug-likeness (QED) is 0.180. The zero-order chi connectivity index (χ0) is 25.4. The summed E-state index contributed by atoms with van der Waals surface area (Å²) in [5.41, 5.74) is 1.45. The number of rotatable bonds is 7. The van der Waals surface area contributed by atoms with Gasteiger partial charge in [0.25, 0.3) is 5.91 Å². The smallest absolute Gasteiger partial charge is 0.296 e.